The lowest BCUT2D eigenvalue weighted by molar-refractivity contribution is -0.120. The lowest BCUT2D eigenvalue weighted by Crippen LogP contribution is -2.43. The van der Waals surface area contributed by atoms with Crippen LogP contribution in [0.25, 0.3) is 0 Å². The van der Waals surface area contributed by atoms with Crippen molar-refractivity contribution in [1.82, 2.24) is 4.31 Å². The van der Waals surface area contributed by atoms with Gasteiger partial charge in [0.25, 0.3) is 0 Å². The molecule has 6 N–H and O–H groups in total. The van der Waals surface area contributed by atoms with Gasteiger partial charge in [-0.2, -0.15) is 4.31 Å². The molecule has 0 aromatic heterocycles. The standard InChI is InChI=1S/C10H12F2N4O4S/c11-6-1-5(13)2-7(12)10(6)21(19,20)16(3-8(14)17)4-9(15)18/h1-2H,3-4,13H2,(H2,14,17)(H2,15,18). The molecule has 1 aromatic rings. The summed E-state index contributed by atoms with van der Waals surface area (Å²) in [4.78, 5) is 20.4. The van der Waals surface area contributed by atoms with Gasteiger partial charge < -0.3 is 17.2 Å². The molecule has 0 aliphatic rings. The molecule has 1 aromatic carbocycles. The summed E-state index contributed by atoms with van der Waals surface area (Å²) in [6.07, 6.45) is 0. The number of rotatable bonds is 6. The Morgan fingerprint density at radius 3 is 1.76 bits per heavy atom. The Hall–Kier alpha value is -2.27. The van der Waals surface area contributed by atoms with E-state index in [-0.39, 0.29) is 9.99 Å². The second kappa shape index (κ2) is 6.01. The fourth-order valence-electron chi connectivity index (χ4n) is 1.53. The molecule has 0 heterocycles. The maximum Gasteiger partial charge on any atom is 0.249 e. The largest absolute Gasteiger partial charge is 0.399 e. The number of carbonyl (C=O) groups excluding carboxylic acids is 2. The van der Waals surface area contributed by atoms with E-state index in [0.29, 0.717) is 12.1 Å². The van der Waals surface area contributed by atoms with Crippen LogP contribution < -0.4 is 17.2 Å². The van der Waals surface area contributed by atoms with E-state index < -0.39 is 51.5 Å². The summed E-state index contributed by atoms with van der Waals surface area (Å²) in [6, 6.07) is 1.17. The molecule has 0 atom stereocenters. The minimum absolute atomic E-state index is 0.176. The predicted molar refractivity (Wildman–Crippen MR) is 67.9 cm³/mol. The summed E-state index contributed by atoms with van der Waals surface area (Å²) in [5.74, 6) is -5.19. The first-order chi connectivity index (χ1) is 9.55. The third-order valence-electron chi connectivity index (χ3n) is 2.28. The maximum absolute atomic E-state index is 13.7. The van der Waals surface area contributed by atoms with Gasteiger partial charge in [0.05, 0.1) is 13.1 Å². The lowest BCUT2D eigenvalue weighted by Gasteiger charge is -2.20. The zero-order chi connectivity index (χ0) is 16.4. The van der Waals surface area contributed by atoms with Crippen molar-refractivity contribution in [3.63, 3.8) is 0 Å². The van der Waals surface area contributed by atoms with E-state index in [1.807, 2.05) is 0 Å². The Bertz CT molecular complexity index is 653. The highest BCUT2D eigenvalue weighted by Crippen LogP contribution is 2.24. The molecule has 0 fully saturated rings. The van der Waals surface area contributed by atoms with Crippen molar-refractivity contribution in [2.24, 2.45) is 11.5 Å². The fourth-order valence-corrected chi connectivity index (χ4v) is 2.99. The Labute approximate surface area is 118 Å². The molecule has 0 saturated carbocycles. The number of nitrogens with zero attached hydrogens (tertiary/aromatic N) is 1. The van der Waals surface area contributed by atoms with Gasteiger partial charge in [-0.3, -0.25) is 9.59 Å². The van der Waals surface area contributed by atoms with Gasteiger partial charge in [-0.25, -0.2) is 17.2 Å². The molecule has 0 saturated heterocycles. The van der Waals surface area contributed by atoms with Gasteiger partial charge in [0, 0.05) is 5.69 Å². The molecule has 116 valence electrons. The number of primary amides is 2. The minimum atomic E-state index is -4.84. The van der Waals surface area contributed by atoms with Gasteiger partial charge in [0.15, 0.2) is 4.90 Å². The number of anilines is 1. The molecule has 0 aliphatic carbocycles. The summed E-state index contributed by atoms with van der Waals surface area (Å²) in [5, 5.41) is 0. The van der Waals surface area contributed by atoms with Gasteiger partial charge in [-0.05, 0) is 12.1 Å². The molecule has 1 rings (SSSR count). The molecule has 0 bridgehead atoms. The van der Waals surface area contributed by atoms with Crippen LogP contribution in [0.1, 0.15) is 0 Å². The number of sulfonamides is 1. The second-order valence-electron chi connectivity index (χ2n) is 4.02. The highest BCUT2D eigenvalue weighted by molar-refractivity contribution is 7.89. The molecule has 0 aliphatic heterocycles. The van der Waals surface area contributed by atoms with Crippen LogP contribution in [0.5, 0.6) is 0 Å². The van der Waals surface area contributed by atoms with Crippen molar-refractivity contribution in [2.75, 3.05) is 18.8 Å². The van der Waals surface area contributed by atoms with Gasteiger partial charge in [0.1, 0.15) is 11.6 Å². The van der Waals surface area contributed by atoms with Gasteiger partial charge in [0.2, 0.25) is 21.8 Å². The fraction of sp³-hybridized carbons (Fsp3) is 0.200. The van der Waals surface area contributed by atoms with Crippen LogP contribution >= 0.6 is 0 Å². The third-order valence-corrected chi connectivity index (χ3v) is 4.13. The zero-order valence-corrected chi connectivity index (χ0v) is 11.4. The first kappa shape index (κ1) is 16.8. The summed E-state index contributed by atoms with van der Waals surface area (Å²) >= 11 is 0. The zero-order valence-electron chi connectivity index (χ0n) is 10.5. The van der Waals surface area contributed by atoms with E-state index in [1.54, 1.807) is 0 Å². The number of amides is 2. The SMILES string of the molecule is NC(=O)CN(CC(N)=O)S(=O)(=O)c1c(F)cc(N)cc1F. The van der Waals surface area contributed by atoms with Crippen LogP contribution in [-0.2, 0) is 19.6 Å². The van der Waals surface area contributed by atoms with Crippen molar-refractivity contribution in [3.8, 4) is 0 Å². The average Bonchev–Trinajstić information content (AvgIpc) is 2.24. The van der Waals surface area contributed by atoms with Crippen LogP contribution in [0.4, 0.5) is 14.5 Å². The van der Waals surface area contributed by atoms with Crippen molar-refractivity contribution >= 4 is 27.5 Å². The van der Waals surface area contributed by atoms with Gasteiger partial charge in [-0.15, -0.1) is 0 Å². The van der Waals surface area contributed by atoms with Crippen LogP contribution in [-0.4, -0.2) is 37.6 Å². The number of carbonyl (C=O) groups is 2. The average molecular weight is 322 g/mol. The minimum Gasteiger partial charge on any atom is -0.399 e. The normalized spacial score (nSPS) is 11.6. The highest BCUT2D eigenvalue weighted by Gasteiger charge is 2.33. The van der Waals surface area contributed by atoms with E-state index in [9.17, 15) is 26.8 Å². The van der Waals surface area contributed by atoms with Crippen molar-refractivity contribution in [1.29, 1.82) is 0 Å². The number of hydrogen-bond acceptors (Lipinski definition) is 5. The Balaban J connectivity index is 3.42. The quantitative estimate of drug-likeness (QED) is 0.545. The summed E-state index contributed by atoms with van der Waals surface area (Å²) in [7, 11) is -4.84. The third kappa shape index (κ3) is 3.86. The van der Waals surface area contributed by atoms with Gasteiger partial charge >= 0.3 is 0 Å². The van der Waals surface area contributed by atoms with E-state index >= 15 is 0 Å². The summed E-state index contributed by atoms with van der Waals surface area (Å²) in [5.41, 5.74) is 14.5. The van der Waals surface area contributed by atoms with E-state index in [4.69, 9.17) is 17.2 Å². The monoisotopic (exact) mass is 322 g/mol. The van der Waals surface area contributed by atoms with Crippen LogP contribution in [0.3, 0.4) is 0 Å². The predicted octanol–water partition coefficient (Wildman–Crippen LogP) is -1.49. The Morgan fingerprint density at radius 2 is 1.43 bits per heavy atom. The maximum atomic E-state index is 13.7. The number of halogens is 2. The van der Waals surface area contributed by atoms with Crippen molar-refractivity contribution < 1.29 is 26.8 Å². The van der Waals surface area contributed by atoms with Crippen LogP contribution in [0, 0.1) is 11.6 Å². The van der Waals surface area contributed by atoms with Crippen molar-refractivity contribution in [3.05, 3.63) is 23.8 Å². The molecule has 11 heteroatoms. The lowest BCUT2D eigenvalue weighted by atomic mass is 10.3. The molecular weight excluding hydrogens is 310 g/mol. The number of nitrogens with two attached hydrogens (primary N) is 3. The molecule has 0 unspecified atom stereocenters. The molecule has 2 amide bonds. The highest BCUT2D eigenvalue weighted by atomic mass is 32.2. The number of nitrogen functional groups attached to an aromatic ring is 1. The van der Waals surface area contributed by atoms with Crippen LogP contribution in [0.15, 0.2) is 17.0 Å². The Morgan fingerprint density at radius 1 is 1.05 bits per heavy atom. The molecule has 21 heavy (non-hydrogen) atoms. The van der Waals surface area contributed by atoms with Crippen molar-refractivity contribution in [2.45, 2.75) is 4.90 Å². The summed E-state index contributed by atoms with van der Waals surface area (Å²) < 4.78 is 51.8. The number of hydrogen-bond donors (Lipinski definition) is 3. The first-order valence-electron chi connectivity index (χ1n) is 5.37. The van der Waals surface area contributed by atoms with E-state index in [0.717, 1.165) is 0 Å². The number of benzene rings is 1. The van der Waals surface area contributed by atoms with E-state index in [2.05, 4.69) is 0 Å². The second-order valence-corrected chi connectivity index (χ2v) is 5.89. The van der Waals surface area contributed by atoms with E-state index in [1.165, 1.54) is 0 Å². The van der Waals surface area contributed by atoms with Gasteiger partial charge in [-0.1, -0.05) is 0 Å². The molecular formula is C10H12F2N4O4S. The molecule has 0 spiro atoms. The first-order valence-corrected chi connectivity index (χ1v) is 6.81. The molecule has 8 nitrogen and oxygen atoms in total. The smallest absolute Gasteiger partial charge is 0.249 e. The summed E-state index contributed by atoms with van der Waals surface area (Å²) in [6.45, 7) is -1.93. The molecule has 0 radical (unpaired) electrons. The van der Waals surface area contributed by atoms with Crippen LogP contribution in [0.2, 0.25) is 0 Å². The Kier molecular flexibility index (Phi) is 4.80. The topological polar surface area (TPSA) is 150 Å².